The molecule has 0 aliphatic rings. The van der Waals surface area contributed by atoms with Crippen LogP contribution in [0.2, 0.25) is 0 Å². The van der Waals surface area contributed by atoms with Gasteiger partial charge < -0.3 is 151 Å². The summed E-state index contributed by atoms with van der Waals surface area (Å²) < 4.78 is 101. The van der Waals surface area contributed by atoms with Gasteiger partial charge in [-0.05, 0) is 117 Å². The Balaban J connectivity index is -0.00000169. The Morgan fingerprint density at radius 1 is 0.221 bits per heavy atom. The molecule has 0 heterocycles. The maximum atomic E-state index is 11.4. The Bertz CT molecular complexity index is 3860. The summed E-state index contributed by atoms with van der Waals surface area (Å²) in [6.07, 6.45) is -9.06. The Labute approximate surface area is 820 Å². The van der Waals surface area contributed by atoms with E-state index in [2.05, 4.69) is 79.6 Å². The fraction of sp³-hybridized carbons (Fsp3) is 0.576. The summed E-state index contributed by atoms with van der Waals surface area (Å²) in [6, 6.07) is 15.1. The van der Waals surface area contributed by atoms with E-state index in [0.29, 0.717) is 50.8 Å². The van der Waals surface area contributed by atoms with Crippen LogP contribution in [-0.4, -0.2) is 368 Å². The third-order valence-electron chi connectivity index (χ3n) is 16.9. The van der Waals surface area contributed by atoms with Gasteiger partial charge in [0.25, 0.3) is 0 Å². The van der Waals surface area contributed by atoms with Gasteiger partial charge in [-0.3, -0.25) is 0 Å². The van der Waals surface area contributed by atoms with E-state index in [0.717, 1.165) is 11.1 Å². The summed E-state index contributed by atoms with van der Waals surface area (Å²) in [5.74, 6) is -4.50. The third-order valence-corrected chi connectivity index (χ3v) is 16.9. The van der Waals surface area contributed by atoms with Gasteiger partial charge in [-0.2, -0.15) is 0 Å². The summed E-state index contributed by atoms with van der Waals surface area (Å²) in [7, 11) is 0. The fourth-order valence-electron chi connectivity index (χ4n) is 9.04. The van der Waals surface area contributed by atoms with Crippen LogP contribution >= 0.6 is 0 Å². The highest BCUT2D eigenvalue weighted by atomic mass is 16.6. The monoisotopic (exact) mass is 2000 g/mol. The Hall–Kier alpha value is -10.6. The van der Waals surface area contributed by atoms with Gasteiger partial charge >= 0.3 is 59.7 Å². The molecule has 0 saturated carbocycles. The van der Waals surface area contributed by atoms with Crippen LogP contribution in [0.5, 0.6) is 11.5 Å². The van der Waals surface area contributed by atoms with Crippen LogP contribution in [0.15, 0.2) is 170 Å². The standard InChI is InChI=1S/C29H36O8.C19H32O8.C18H30O8.C17H28O9.C16H26O8/c1-19(2)27(32)36-17-23(30)15-34-25-11-7-21(8-12-25)29(5,6)22-9-13-26(14-10-22)35-16-24(31)18-37-28(33)20(3)4;1-13(2)17(22)26-9-15(20)7-24-11-19(5,6)12-25-8-16(21)10-27-18(23)14(3)4;1-13(2)17(21)25-11-15(19)9-23-7-5-6-8-24-10-16(20)12-26-18(22)14(3)4;1-11(2)16(21)25-9-14(19)7-23-5-13(18)6-24-8-15(20)10-26-17(22)12(3)4;1-11(2)15(19)23-9-13(17)7-21-5-6-22-8-14(18)10-24-16(20)12(3)4/h7-14,23-24,30-31H,1,3,15-18H2,2,4-6H3;15-16,20-21H,1,3,7-12H2,2,4-6H3;15-16,19-20H,1,3,5-12H2,2,4H3;13-15,18-20H,1,3,5-10H2,2,4H3;13-14,17-18H,1,3,5-10H2,2,4H3. The highest BCUT2D eigenvalue weighted by Crippen LogP contribution is 2.34. The van der Waals surface area contributed by atoms with Crippen LogP contribution in [-0.2, 0) is 139 Å². The smallest absolute Gasteiger partial charge is 0.333 e. The Morgan fingerprint density at radius 3 is 0.550 bits per heavy atom. The van der Waals surface area contributed by atoms with E-state index in [4.69, 9.17) is 94.7 Å². The molecule has 0 fully saturated rings. The molecule has 794 valence electrons. The summed E-state index contributed by atoms with van der Waals surface area (Å²) in [4.78, 5) is 112. The van der Waals surface area contributed by atoms with E-state index >= 15 is 0 Å². The molecule has 41 nitrogen and oxygen atoms in total. The molecule has 0 saturated heterocycles. The molecular weight excluding hydrogens is 1850 g/mol. The van der Waals surface area contributed by atoms with Gasteiger partial charge in [0.1, 0.15) is 158 Å². The fourth-order valence-corrected chi connectivity index (χ4v) is 9.04. The molecular formula is C99H152O41. The van der Waals surface area contributed by atoms with Gasteiger partial charge in [-0.15, -0.1) is 0 Å². The number of carbonyl (C=O) groups is 10. The lowest BCUT2D eigenvalue weighted by atomic mass is 9.78. The van der Waals surface area contributed by atoms with E-state index < -0.39 is 127 Å². The molecule has 10 atom stereocenters. The second-order valence-electron chi connectivity index (χ2n) is 33.6. The Morgan fingerprint density at radius 2 is 0.371 bits per heavy atom. The number of hydrogen-bond donors (Lipinski definition) is 11. The van der Waals surface area contributed by atoms with Crippen LogP contribution < -0.4 is 9.47 Å². The Kier molecular flexibility index (Phi) is 73.5. The van der Waals surface area contributed by atoms with Gasteiger partial charge in [0.05, 0.1) is 92.5 Å². The van der Waals surface area contributed by atoms with Crippen molar-refractivity contribution in [1.82, 2.24) is 0 Å². The number of aliphatic hydroxyl groups excluding tert-OH is 11. The minimum absolute atomic E-state index is 0.00633. The number of carbonyl (C=O) groups excluding carboxylic acids is 10. The summed E-state index contributed by atoms with van der Waals surface area (Å²) in [5.41, 5.74) is 3.99. The van der Waals surface area contributed by atoms with E-state index in [-0.39, 0.29) is 225 Å². The van der Waals surface area contributed by atoms with Crippen molar-refractivity contribution in [2.75, 3.05) is 185 Å². The van der Waals surface area contributed by atoms with Crippen molar-refractivity contribution in [2.24, 2.45) is 5.41 Å². The molecule has 0 radical (unpaired) electrons. The van der Waals surface area contributed by atoms with E-state index in [9.17, 15) is 104 Å². The highest BCUT2D eigenvalue weighted by molar-refractivity contribution is 5.90. The summed E-state index contributed by atoms with van der Waals surface area (Å²) in [6.45, 7) is 57.1. The van der Waals surface area contributed by atoms with Crippen molar-refractivity contribution in [3.63, 3.8) is 0 Å². The molecule has 10 unspecified atom stereocenters. The second-order valence-corrected chi connectivity index (χ2v) is 33.6. The molecule has 0 aliphatic carbocycles. The van der Waals surface area contributed by atoms with Crippen LogP contribution in [0.25, 0.3) is 0 Å². The first-order valence-corrected chi connectivity index (χ1v) is 44.3. The van der Waals surface area contributed by atoms with E-state index in [1.807, 2.05) is 62.4 Å². The minimum Gasteiger partial charge on any atom is -0.491 e. The van der Waals surface area contributed by atoms with Gasteiger partial charge in [0.15, 0.2) is 0 Å². The van der Waals surface area contributed by atoms with Gasteiger partial charge in [-0.25, -0.2) is 47.9 Å². The zero-order chi connectivity index (χ0) is 107. The van der Waals surface area contributed by atoms with Crippen molar-refractivity contribution >= 4 is 59.7 Å². The van der Waals surface area contributed by atoms with Crippen molar-refractivity contribution in [2.45, 2.75) is 182 Å². The number of rotatable bonds is 70. The highest BCUT2D eigenvalue weighted by Gasteiger charge is 2.26. The van der Waals surface area contributed by atoms with Crippen LogP contribution in [0.4, 0.5) is 0 Å². The molecule has 0 aromatic heterocycles. The molecule has 41 heteroatoms. The zero-order valence-electron chi connectivity index (χ0n) is 83.4. The van der Waals surface area contributed by atoms with Gasteiger partial charge in [-0.1, -0.05) is 118 Å². The van der Waals surface area contributed by atoms with E-state index in [1.54, 1.807) is 0 Å². The topological polar surface area (TPSA) is 578 Å². The molecule has 140 heavy (non-hydrogen) atoms. The third kappa shape index (κ3) is 72.6. The van der Waals surface area contributed by atoms with Crippen molar-refractivity contribution in [1.29, 1.82) is 0 Å². The van der Waals surface area contributed by atoms with Crippen LogP contribution in [0, 0.1) is 5.41 Å². The number of ether oxygens (including phenoxy) is 20. The number of aliphatic hydroxyl groups is 11. The van der Waals surface area contributed by atoms with Crippen molar-refractivity contribution in [3.05, 3.63) is 181 Å². The summed E-state index contributed by atoms with van der Waals surface area (Å²) in [5, 5.41) is 106. The average Bonchev–Trinajstić information content (AvgIpc) is 0.800. The zero-order valence-corrected chi connectivity index (χ0v) is 83.4. The SMILES string of the molecule is C=C(C)C(=O)OCC(O)COCC(C)(C)COCC(O)COC(=O)C(=C)C.C=C(C)C(=O)OCC(O)COCC(O)COCC(O)COC(=O)C(=C)C.C=C(C)C(=O)OCC(O)COCCCCOCC(O)COC(=O)C(=C)C.C=C(C)C(=O)OCC(O)COCCOCC(O)COC(=O)C(=C)C.C=C(C)C(=O)OCC(O)COc1ccc(C(C)(C)c2ccc(OCC(O)COC(=O)C(=C)C)cc2)cc1. The largest absolute Gasteiger partial charge is 0.491 e. The minimum atomic E-state index is -1.03. The van der Waals surface area contributed by atoms with Crippen molar-refractivity contribution < 1.29 is 199 Å². The maximum Gasteiger partial charge on any atom is 0.333 e. The molecule has 2 aromatic rings. The average molecular weight is 2000 g/mol. The summed E-state index contributed by atoms with van der Waals surface area (Å²) >= 11 is 0. The van der Waals surface area contributed by atoms with E-state index in [1.165, 1.54) is 69.2 Å². The van der Waals surface area contributed by atoms with Gasteiger partial charge in [0, 0.05) is 79.8 Å². The molecule has 0 bridgehead atoms. The first-order chi connectivity index (χ1) is 65.4. The molecule has 2 rings (SSSR count). The second kappa shape index (κ2) is 77.1. The quantitative estimate of drug-likeness (QED) is 0.0183. The van der Waals surface area contributed by atoms with Crippen LogP contribution in [0.1, 0.15) is 121 Å². The first-order valence-electron chi connectivity index (χ1n) is 44.3. The first kappa shape index (κ1) is 134. The normalized spacial score (nSPS) is 13.2. The van der Waals surface area contributed by atoms with Crippen molar-refractivity contribution in [3.8, 4) is 11.5 Å². The van der Waals surface area contributed by atoms with Crippen LogP contribution in [0.3, 0.4) is 0 Å². The molecule has 0 amide bonds. The number of benzene rings is 2. The lowest BCUT2D eigenvalue weighted by Crippen LogP contribution is -2.32. The predicted octanol–water partition coefficient (Wildman–Crippen LogP) is 4.82. The number of hydrogen-bond acceptors (Lipinski definition) is 41. The lowest BCUT2D eigenvalue weighted by molar-refractivity contribution is -0.144. The molecule has 0 spiro atoms. The predicted molar refractivity (Wildman–Crippen MR) is 509 cm³/mol. The molecule has 0 aliphatic heterocycles. The molecule has 11 N–H and O–H groups in total. The number of unbranched alkanes of at least 4 members (excludes halogenated alkanes) is 1. The van der Waals surface area contributed by atoms with Gasteiger partial charge in [0.2, 0.25) is 0 Å². The number of esters is 10. The molecule has 2 aromatic carbocycles. The lowest BCUT2D eigenvalue weighted by Gasteiger charge is -2.26. The maximum absolute atomic E-state index is 11.4.